The summed E-state index contributed by atoms with van der Waals surface area (Å²) in [6.07, 6.45) is 0.697. The molecule has 0 radical (unpaired) electrons. The SMILES string of the molecule is CC(C)C(C)(CC=O)S(=O)(=O)c1ccccc1. The van der Waals surface area contributed by atoms with Crippen molar-refractivity contribution in [2.24, 2.45) is 5.92 Å². The average molecular weight is 254 g/mol. The summed E-state index contributed by atoms with van der Waals surface area (Å²) < 4.78 is 24.0. The first kappa shape index (κ1) is 13.9. The summed E-state index contributed by atoms with van der Waals surface area (Å²) in [4.78, 5) is 11.0. The molecule has 1 rings (SSSR count). The van der Waals surface area contributed by atoms with Gasteiger partial charge in [0.15, 0.2) is 9.84 Å². The molecular formula is C13H18O3S. The van der Waals surface area contributed by atoms with Gasteiger partial charge in [0.05, 0.1) is 9.64 Å². The molecule has 0 N–H and O–H groups in total. The molecule has 0 spiro atoms. The lowest BCUT2D eigenvalue weighted by molar-refractivity contribution is -0.108. The number of hydrogen-bond donors (Lipinski definition) is 0. The third kappa shape index (κ3) is 2.41. The van der Waals surface area contributed by atoms with Gasteiger partial charge < -0.3 is 4.79 Å². The average Bonchev–Trinajstić information content (AvgIpc) is 2.30. The van der Waals surface area contributed by atoms with Crippen LogP contribution in [0.2, 0.25) is 0 Å². The van der Waals surface area contributed by atoms with Crippen LogP contribution in [0.1, 0.15) is 27.2 Å². The minimum absolute atomic E-state index is 0.0158. The van der Waals surface area contributed by atoms with Gasteiger partial charge >= 0.3 is 0 Å². The van der Waals surface area contributed by atoms with E-state index in [0.29, 0.717) is 6.29 Å². The van der Waals surface area contributed by atoms with Crippen molar-refractivity contribution in [2.45, 2.75) is 36.8 Å². The van der Waals surface area contributed by atoms with Crippen LogP contribution < -0.4 is 0 Å². The molecule has 0 bridgehead atoms. The highest BCUT2D eigenvalue weighted by Crippen LogP contribution is 2.34. The standard InChI is InChI=1S/C13H18O3S/c1-11(2)13(3,9-10-14)17(15,16)12-7-5-4-6-8-12/h4-8,10-11H,9H2,1-3H3. The summed E-state index contributed by atoms with van der Waals surface area (Å²) in [6, 6.07) is 8.29. The molecular weight excluding hydrogens is 236 g/mol. The summed E-state index contributed by atoms with van der Waals surface area (Å²) >= 11 is 0. The van der Waals surface area contributed by atoms with E-state index in [2.05, 4.69) is 0 Å². The summed E-state index contributed by atoms with van der Waals surface area (Å²) in [7, 11) is -3.49. The van der Waals surface area contributed by atoms with E-state index < -0.39 is 14.6 Å². The summed E-state index contributed by atoms with van der Waals surface area (Å²) in [5.41, 5.74) is 0. The van der Waals surface area contributed by atoms with Crippen molar-refractivity contribution in [2.75, 3.05) is 0 Å². The van der Waals surface area contributed by atoms with E-state index in [1.165, 1.54) is 0 Å². The molecule has 1 aromatic rings. The summed E-state index contributed by atoms with van der Waals surface area (Å²) in [5, 5.41) is 0. The Morgan fingerprint density at radius 3 is 2.18 bits per heavy atom. The van der Waals surface area contributed by atoms with Gasteiger partial charge in [-0.3, -0.25) is 0 Å². The van der Waals surface area contributed by atoms with Crippen molar-refractivity contribution in [3.63, 3.8) is 0 Å². The van der Waals surface area contributed by atoms with E-state index in [-0.39, 0.29) is 17.2 Å². The Morgan fingerprint density at radius 2 is 1.76 bits per heavy atom. The molecule has 1 unspecified atom stereocenters. The van der Waals surface area contributed by atoms with Gasteiger partial charge in [0.2, 0.25) is 0 Å². The van der Waals surface area contributed by atoms with Crippen molar-refractivity contribution in [3.05, 3.63) is 30.3 Å². The van der Waals surface area contributed by atoms with Gasteiger partial charge in [-0.1, -0.05) is 32.0 Å². The zero-order chi connectivity index (χ0) is 13.1. The van der Waals surface area contributed by atoms with E-state index in [1.807, 2.05) is 13.8 Å². The van der Waals surface area contributed by atoms with E-state index in [0.717, 1.165) is 0 Å². The fourth-order valence-electron chi connectivity index (χ4n) is 1.69. The topological polar surface area (TPSA) is 51.2 Å². The largest absolute Gasteiger partial charge is 0.303 e. The molecule has 0 saturated heterocycles. The predicted molar refractivity (Wildman–Crippen MR) is 67.6 cm³/mol. The van der Waals surface area contributed by atoms with Gasteiger partial charge in [0, 0.05) is 6.42 Å². The Hall–Kier alpha value is -1.16. The lowest BCUT2D eigenvalue weighted by atomic mass is 9.94. The van der Waals surface area contributed by atoms with Gasteiger partial charge in [0.25, 0.3) is 0 Å². The number of carbonyl (C=O) groups is 1. The molecule has 0 aliphatic heterocycles. The lowest BCUT2D eigenvalue weighted by Crippen LogP contribution is -2.41. The van der Waals surface area contributed by atoms with Crippen LogP contribution in [0.4, 0.5) is 0 Å². The minimum atomic E-state index is -3.49. The van der Waals surface area contributed by atoms with E-state index in [1.54, 1.807) is 37.3 Å². The third-order valence-electron chi connectivity index (χ3n) is 3.38. The molecule has 0 aliphatic carbocycles. The Bertz CT molecular complexity index is 477. The molecule has 0 fully saturated rings. The van der Waals surface area contributed by atoms with Crippen LogP contribution in [-0.2, 0) is 14.6 Å². The molecule has 0 aromatic heterocycles. The first-order valence-electron chi connectivity index (χ1n) is 5.59. The van der Waals surface area contributed by atoms with Gasteiger partial charge in [0.1, 0.15) is 6.29 Å². The monoisotopic (exact) mass is 254 g/mol. The molecule has 3 nitrogen and oxygen atoms in total. The van der Waals surface area contributed by atoms with Crippen LogP contribution in [0.15, 0.2) is 35.2 Å². The summed E-state index contributed by atoms with van der Waals surface area (Å²) in [5.74, 6) is -0.127. The molecule has 0 aliphatic rings. The Morgan fingerprint density at radius 1 is 1.24 bits per heavy atom. The van der Waals surface area contributed by atoms with Crippen LogP contribution in [0.5, 0.6) is 0 Å². The molecule has 94 valence electrons. The van der Waals surface area contributed by atoms with Crippen molar-refractivity contribution in [1.29, 1.82) is 0 Å². The molecule has 1 aromatic carbocycles. The zero-order valence-corrected chi connectivity index (χ0v) is 11.2. The van der Waals surface area contributed by atoms with E-state index in [9.17, 15) is 13.2 Å². The smallest absolute Gasteiger partial charge is 0.184 e. The number of benzene rings is 1. The number of sulfone groups is 1. The quantitative estimate of drug-likeness (QED) is 0.758. The summed E-state index contributed by atoms with van der Waals surface area (Å²) in [6.45, 7) is 5.28. The van der Waals surface area contributed by atoms with Crippen molar-refractivity contribution >= 4 is 16.1 Å². The first-order valence-corrected chi connectivity index (χ1v) is 7.08. The number of aldehydes is 1. The molecule has 17 heavy (non-hydrogen) atoms. The molecule has 4 heteroatoms. The molecule has 1 atom stereocenters. The Balaban J connectivity index is 3.33. The fourth-order valence-corrected chi connectivity index (χ4v) is 3.65. The number of carbonyl (C=O) groups excluding carboxylic acids is 1. The maximum Gasteiger partial charge on any atom is 0.184 e. The maximum absolute atomic E-state index is 12.5. The minimum Gasteiger partial charge on any atom is -0.303 e. The van der Waals surface area contributed by atoms with Gasteiger partial charge in [-0.2, -0.15) is 0 Å². The second-order valence-electron chi connectivity index (χ2n) is 4.65. The zero-order valence-electron chi connectivity index (χ0n) is 10.4. The normalized spacial score (nSPS) is 15.5. The third-order valence-corrected chi connectivity index (χ3v) is 6.14. The Kier molecular flexibility index (Phi) is 4.09. The van der Waals surface area contributed by atoms with Gasteiger partial charge in [-0.15, -0.1) is 0 Å². The maximum atomic E-state index is 12.5. The second-order valence-corrected chi connectivity index (χ2v) is 7.07. The van der Waals surface area contributed by atoms with Crippen LogP contribution in [0, 0.1) is 5.92 Å². The van der Waals surface area contributed by atoms with Crippen LogP contribution in [-0.4, -0.2) is 19.5 Å². The van der Waals surface area contributed by atoms with Crippen molar-refractivity contribution < 1.29 is 13.2 Å². The lowest BCUT2D eigenvalue weighted by Gasteiger charge is -2.31. The molecule has 0 saturated carbocycles. The number of hydrogen-bond acceptors (Lipinski definition) is 3. The van der Waals surface area contributed by atoms with E-state index in [4.69, 9.17) is 0 Å². The van der Waals surface area contributed by atoms with E-state index >= 15 is 0 Å². The second kappa shape index (κ2) is 5.00. The van der Waals surface area contributed by atoms with Gasteiger partial charge in [-0.25, -0.2) is 8.42 Å². The highest BCUT2D eigenvalue weighted by molar-refractivity contribution is 7.92. The predicted octanol–water partition coefficient (Wildman–Crippen LogP) is 2.46. The molecule has 0 heterocycles. The van der Waals surface area contributed by atoms with Gasteiger partial charge in [-0.05, 0) is 25.0 Å². The van der Waals surface area contributed by atoms with Crippen molar-refractivity contribution in [1.82, 2.24) is 0 Å². The Labute approximate surface area is 103 Å². The van der Waals surface area contributed by atoms with Crippen LogP contribution in [0.25, 0.3) is 0 Å². The number of rotatable bonds is 5. The fraction of sp³-hybridized carbons (Fsp3) is 0.462. The highest BCUT2D eigenvalue weighted by Gasteiger charge is 2.42. The van der Waals surface area contributed by atoms with Crippen LogP contribution in [0.3, 0.4) is 0 Å². The van der Waals surface area contributed by atoms with Crippen molar-refractivity contribution in [3.8, 4) is 0 Å². The van der Waals surface area contributed by atoms with Crippen LogP contribution >= 0.6 is 0 Å². The highest BCUT2D eigenvalue weighted by atomic mass is 32.2. The molecule has 0 amide bonds. The first-order chi connectivity index (χ1) is 7.86.